The summed E-state index contributed by atoms with van der Waals surface area (Å²) in [4.78, 5) is 0. The van der Waals surface area contributed by atoms with Crippen LogP contribution in [0.15, 0.2) is 0 Å². The molecule has 0 saturated carbocycles. The Bertz CT molecular complexity index is 261. The highest BCUT2D eigenvalue weighted by Crippen LogP contribution is 2.44. The van der Waals surface area contributed by atoms with Crippen molar-refractivity contribution in [3.63, 3.8) is 0 Å². The summed E-state index contributed by atoms with van der Waals surface area (Å²) < 4.78 is 19.4. The maximum absolute atomic E-state index is 6.48. The molecule has 1 unspecified atom stereocenters. The van der Waals surface area contributed by atoms with E-state index in [9.17, 15) is 0 Å². The predicted molar refractivity (Wildman–Crippen MR) is 90.8 cm³/mol. The fourth-order valence-electron chi connectivity index (χ4n) is 3.44. The highest BCUT2D eigenvalue weighted by Gasteiger charge is 2.59. The minimum atomic E-state index is -2.28. The summed E-state index contributed by atoms with van der Waals surface area (Å²) in [6.07, 6.45) is 9.03. The van der Waals surface area contributed by atoms with Gasteiger partial charge in [0.15, 0.2) is 0 Å². The minimum Gasteiger partial charge on any atom is -0.393 e. The van der Waals surface area contributed by atoms with Crippen LogP contribution >= 0.6 is 0 Å². The molecule has 1 fully saturated rings. The summed E-state index contributed by atoms with van der Waals surface area (Å²) >= 11 is 0. The Kier molecular flexibility index (Phi) is 9.10. The standard InChI is InChI=1S/C17H36O3Si/c1-5-11-17(18-13-6-2)12-9-10-16-21(17,19-14-7-3)20-15-8-4/h5-16H2,1-4H3. The number of hydrogen-bond donors (Lipinski definition) is 0. The van der Waals surface area contributed by atoms with Gasteiger partial charge in [-0.3, -0.25) is 0 Å². The zero-order valence-corrected chi connectivity index (χ0v) is 15.7. The van der Waals surface area contributed by atoms with Gasteiger partial charge in [0.2, 0.25) is 0 Å². The minimum absolute atomic E-state index is 0.111. The van der Waals surface area contributed by atoms with Gasteiger partial charge in [-0.05, 0) is 38.1 Å². The first-order chi connectivity index (χ1) is 10.2. The molecule has 21 heavy (non-hydrogen) atoms. The molecule has 0 bridgehead atoms. The lowest BCUT2D eigenvalue weighted by Gasteiger charge is -2.50. The van der Waals surface area contributed by atoms with E-state index < -0.39 is 8.56 Å². The average Bonchev–Trinajstić information content (AvgIpc) is 2.51. The summed E-state index contributed by atoms with van der Waals surface area (Å²) in [5.74, 6) is 0. The van der Waals surface area contributed by atoms with Gasteiger partial charge >= 0.3 is 8.56 Å². The lowest BCUT2D eigenvalue weighted by atomic mass is 10.1. The second-order valence-corrected chi connectivity index (χ2v) is 9.74. The maximum Gasteiger partial charge on any atom is 0.371 e. The third kappa shape index (κ3) is 4.78. The average molecular weight is 317 g/mol. The van der Waals surface area contributed by atoms with Gasteiger partial charge in [0.25, 0.3) is 0 Å². The fraction of sp³-hybridized carbons (Fsp3) is 1.00. The zero-order chi connectivity index (χ0) is 15.6. The van der Waals surface area contributed by atoms with E-state index in [0.29, 0.717) is 0 Å². The quantitative estimate of drug-likeness (QED) is 0.504. The molecule has 126 valence electrons. The molecule has 1 aliphatic heterocycles. The number of rotatable bonds is 11. The Balaban J connectivity index is 3.01. The van der Waals surface area contributed by atoms with Gasteiger partial charge in [0.1, 0.15) is 5.22 Å². The summed E-state index contributed by atoms with van der Waals surface area (Å²) in [7, 11) is -2.28. The predicted octanol–water partition coefficient (Wildman–Crippen LogP) is 4.97. The molecular formula is C17H36O3Si. The van der Waals surface area contributed by atoms with Crippen LogP contribution in [0.25, 0.3) is 0 Å². The van der Waals surface area contributed by atoms with Gasteiger partial charge < -0.3 is 13.6 Å². The number of ether oxygens (including phenoxy) is 1. The van der Waals surface area contributed by atoms with Crippen LogP contribution in [0.3, 0.4) is 0 Å². The molecule has 4 heteroatoms. The van der Waals surface area contributed by atoms with E-state index in [1.807, 2.05) is 0 Å². The summed E-state index contributed by atoms with van der Waals surface area (Å²) in [6.45, 7) is 11.3. The lowest BCUT2D eigenvalue weighted by molar-refractivity contribution is -0.0524. The van der Waals surface area contributed by atoms with E-state index in [2.05, 4.69) is 27.7 Å². The first kappa shape index (κ1) is 19.1. The molecule has 0 spiro atoms. The highest BCUT2D eigenvalue weighted by atomic mass is 28.4. The molecule has 0 aromatic rings. The second-order valence-electron chi connectivity index (χ2n) is 6.25. The molecule has 1 aliphatic rings. The normalized spacial score (nSPS) is 25.1. The van der Waals surface area contributed by atoms with E-state index in [1.54, 1.807) is 0 Å². The molecule has 0 aromatic carbocycles. The molecular weight excluding hydrogens is 280 g/mol. The van der Waals surface area contributed by atoms with E-state index in [4.69, 9.17) is 13.6 Å². The smallest absolute Gasteiger partial charge is 0.371 e. The second kappa shape index (κ2) is 9.98. The van der Waals surface area contributed by atoms with Crippen molar-refractivity contribution in [1.82, 2.24) is 0 Å². The van der Waals surface area contributed by atoms with Crippen LogP contribution in [0.5, 0.6) is 0 Å². The molecule has 0 radical (unpaired) electrons. The van der Waals surface area contributed by atoms with Crippen LogP contribution in [-0.4, -0.2) is 33.6 Å². The Hall–Kier alpha value is 0.0969. The zero-order valence-electron chi connectivity index (χ0n) is 14.7. The van der Waals surface area contributed by atoms with Crippen molar-refractivity contribution in [2.24, 2.45) is 0 Å². The van der Waals surface area contributed by atoms with Crippen molar-refractivity contribution in [3.05, 3.63) is 0 Å². The van der Waals surface area contributed by atoms with Crippen LogP contribution in [0.4, 0.5) is 0 Å². The summed E-state index contributed by atoms with van der Waals surface area (Å²) in [5, 5.41) is -0.111. The van der Waals surface area contributed by atoms with Gasteiger partial charge in [0.05, 0.1) is 0 Å². The van der Waals surface area contributed by atoms with Gasteiger partial charge in [0, 0.05) is 19.8 Å². The molecule has 0 aromatic heterocycles. The van der Waals surface area contributed by atoms with E-state index in [0.717, 1.165) is 64.4 Å². The third-order valence-corrected chi connectivity index (χ3v) is 8.73. The molecule has 1 saturated heterocycles. The Labute approximate surface area is 133 Å². The van der Waals surface area contributed by atoms with Crippen molar-refractivity contribution in [3.8, 4) is 0 Å². The molecule has 0 N–H and O–H groups in total. The molecule has 0 aliphatic carbocycles. The third-order valence-electron chi connectivity index (χ3n) is 4.35. The largest absolute Gasteiger partial charge is 0.393 e. The lowest BCUT2D eigenvalue weighted by Crippen LogP contribution is -2.66. The van der Waals surface area contributed by atoms with Gasteiger partial charge in [-0.1, -0.05) is 47.0 Å². The Morgan fingerprint density at radius 3 is 1.95 bits per heavy atom. The van der Waals surface area contributed by atoms with Crippen LogP contribution < -0.4 is 0 Å². The summed E-state index contributed by atoms with van der Waals surface area (Å²) in [5.41, 5.74) is 0. The monoisotopic (exact) mass is 316 g/mol. The molecule has 1 rings (SSSR count). The maximum atomic E-state index is 6.48. The molecule has 1 heterocycles. The van der Waals surface area contributed by atoms with Crippen LogP contribution in [0.1, 0.15) is 79.1 Å². The van der Waals surface area contributed by atoms with Gasteiger partial charge in [-0.25, -0.2) is 0 Å². The first-order valence-corrected chi connectivity index (χ1v) is 11.1. The van der Waals surface area contributed by atoms with Crippen molar-refractivity contribution in [2.75, 3.05) is 19.8 Å². The SMILES string of the molecule is CCCOC1(CCC)CCCC[Si]1(OCCC)OCCC. The van der Waals surface area contributed by atoms with Crippen LogP contribution in [0.2, 0.25) is 6.04 Å². The van der Waals surface area contributed by atoms with E-state index >= 15 is 0 Å². The molecule has 1 atom stereocenters. The van der Waals surface area contributed by atoms with Crippen molar-refractivity contribution < 1.29 is 13.6 Å². The van der Waals surface area contributed by atoms with Gasteiger partial charge in [-0.15, -0.1) is 0 Å². The van der Waals surface area contributed by atoms with Crippen molar-refractivity contribution in [2.45, 2.75) is 90.3 Å². The topological polar surface area (TPSA) is 27.7 Å². The van der Waals surface area contributed by atoms with Crippen molar-refractivity contribution >= 4 is 8.56 Å². The molecule has 0 amide bonds. The Morgan fingerprint density at radius 1 is 0.810 bits per heavy atom. The van der Waals surface area contributed by atoms with Crippen LogP contribution in [-0.2, 0) is 13.6 Å². The highest BCUT2D eigenvalue weighted by molar-refractivity contribution is 6.70. The van der Waals surface area contributed by atoms with Crippen LogP contribution in [0, 0.1) is 0 Å². The Morgan fingerprint density at radius 2 is 1.43 bits per heavy atom. The van der Waals surface area contributed by atoms with Gasteiger partial charge in [-0.2, -0.15) is 0 Å². The van der Waals surface area contributed by atoms with E-state index in [1.165, 1.54) is 12.8 Å². The first-order valence-electron chi connectivity index (χ1n) is 9.12. The fourth-order valence-corrected chi connectivity index (χ4v) is 8.09. The van der Waals surface area contributed by atoms with E-state index in [-0.39, 0.29) is 5.22 Å². The summed E-state index contributed by atoms with van der Waals surface area (Å²) in [6, 6.07) is 1.11. The van der Waals surface area contributed by atoms with Crippen molar-refractivity contribution in [1.29, 1.82) is 0 Å². The molecule has 3 nitrogen and oxygen atoms in total. The number of hydrogen-bond acceptors (Lipinski definition) is 3.